The first-order chi connectivity index (χ1) is 12.2. The smallest absolute Gasteiger partial charge is 0.422 e. The lowest BCUT2D eigenvalue weighted by Crippen LogP contribution is -2.27. The number of aryl methyl sites for hydroxylation is 1. The second-order valence-electron chi connectivity index (χ2n) is 6.13. The average Bonchev–Trinajstić information content (AvgIpc) is 2.91. The van der Waals surface area contributed by atoms with Crippen LogP contribution in [-0.4, -0.2) is 33.6 Å². The molecule has 0 saturated carbocycles. The number of nitrogen functional groups attached to an aromatic ring is 1. The van der Waals surface area contributed by atoms with Gasteiger partial charge in [0.2, 0.25) is 5.88 Å². The molecule has 138 valence electrons. The summed E-state index contributed by atoms with van der Waals surface area (Å²) in [6.45, 7) is 2.35. The van der Waals surface area contributed by atoms with E-state index in [0.717, 1.165) is 0 Å². The number of hydrogen-bond acceptors (Lipinski definition) is 5. The lowest BCUT2D eigenvalue weighted by Gasteiger charge is -2.25. The standard InChI is InChI=1S/C17H17F3N4O2/c1-9-5-11(6-23-15(9)26-8-17(18,19)20)10(2)24-7-13-12(16(24)25)3-4-22-14(13)21/h3-6,10H,7-8H2,1-2H3,(H2,21,22). The first kappa shape index (κ1) is 18.0. The molecule has 1 aliphatic heterocycles. The van der Waals surface area contributed by atoms with Crippen LogP contribution < -0.4 is 10.5 Å². The van der Waals surface area contributed by atoms with Crippen LogP contribution in [0.25, 0.3) is 0 Å². The Bertz CT molecular complexity index is 854. The molecule has 0 aliphatic carbocycles. The highest BCUT2D eigenvalue weighted by Gasteiger charge is 2.33. The highest BCUT2D eigenvalue weighted by atomic mass is 19.4. The van der Waals surface area contributed by atoms with Crippen molar-refractivity contribution < 1.29 is 22.7 Å². The second-order valence-corrected chi connectivity index (χ2v) is 6.13. The molecule has 3 rings (SSSR count). The topological polar surface area (TPSA) is 81.3 Å². The van der Waals surface area contributed by atoms with Gasteiger partial charge < -0.3 is 15.4 Å². The molecular formula is C17H17F3N4O2. The average molecular weight is 366 g/mol. The van der Waals surface area contributed by atoms with Crippen molar-refractivity contribution in [1.82, 2.24) is 14.9 Å². The van der Waals surface area contributed by atoms with Gasteiger partial charge in [-0.25, -0.2) is 9.97 Å². The summed E-state index contributed by atoms with van der Waals surface area (Å²) in [7, 11) is 0. The van der Waals surface area contributed by atoms with Crippen molar-refractivity contribution in [3.63, 3.8) is 0 Å². The molecule has 0 aromatic carbocycles. The Balaban J connectivity index is 1.79. The summed E-state index contributed by atoms with van der Waals surface area (Å²) >= 11 is 0. The van der Waals surface area contributed by atoms with Crippen LogP contribution in [0, 0.1) is 6.92 Å². The third kappa shape index (κ3) is 3.42. The van der Waals surface area contributed by atoms with Gasteiger partial charge in [0.25, 0.3) is 5.91 Å². The van der Waals surface area contributed by atoms with E-state index in [1.54, 1.807) is 24.0 Å². The van der Waals surface area contributed by atoms with E-state index >= 15 is 0 Å². The van der Waals surface area contributed by atoms with E-state index in [-0.39, 0.29) is 17.8 Å². The van der Waals surface area contributed by atoms with Crippen molar-refractivity contribution in [1.29, 1.82) is 0 Å². The molecule has 3 heterocycles. The number of anilines is 1. The van der Waals surface area contributed by atoms with E-state index in [4.69, 9.17) is 10.5 Å². The van der Waals surface area contributed by atoms with E-state index in [0.29, 0.717) is 34.6 Å². The van der Waals surface area contributed by atoms with Crippen molar-refractivity contribution in [3.05, 3.63) is 46.8 Å². The number of alkyl halides is 3. The zero-order chi connectivity index (χ0) is 19.1. The molecule has 1 aliphatic rings. The molecule has 26 heavy (non-hydrogen) atoms. The number of hydrogen-bond donors (Lipinski definition) is 1. The summed E-state index contributed by atoms with van der Waals surface area (Å²) in [5, 5.41) is 0. The minimum Gasteiger partial charge on any atom is -0.468 e. The zero-order valence-electron chi connectivity index (χ0n) is 14.2. The van der Waals surface area contributed by atoms with E-state index in [1.807, 2.05) is 6.92 Å². The number of carbonyl (C=O) groups excluding carboxylic acids is 1. The maximum absolute atomic E-state index is 12.6. The lowest BCUT2D eigenvalue weighted by molar-refractivity contribution is -0.154. The van der Waals surface area contributed by atoms with Crippen molar-refractivity contribution >= 4 is 11.7 Å². The monoisotopic (exact) mass is 366 g/mol. The van der Waals surface area contributed by atoms with Gasteiger partial charge in [0.05, 0.1) is 12.6 Å². The minimum atomic E-state index is -4.43. The van der Waals surface area contributed by atoms with Crippen LogP contribution in [0.2, 0.25) is 0 Å². The molecule has 0 fully saturated rings. The predicted molar refractivity (Wildman–Crippen MR) is 87.5 cm³/mol. The van der Waals surface area contributed by atoms with Crippen molar-refractivity contribution in [2.75, 3.05) is 12.3 Å². The van der Waals surface area contributed by atoms with Crippen molar-refractivity contribution in [3.8, 4) is 5.88 Å². The molecule has 6 nitrogen and oxygen atoms in total. The quantitative estimate of drug-likeness (QED) is 0.900. The fraction of sp³-hybridized carbons (Fsp3) is 0.353. The summed E-state index contributed by atoms with van der Waals surface area (Å²) in [5.74, 6) is 0.0650. The molecule has 2 N–H and O–H groups in total. The summed E-state index contributed by atoms with van der Waals surface area (Å²) in [6.07, 6.45) is -1.53. The Morgan fingerprint density at radius 1 is 1.38 bits per heavy atom. The number of pyridine rings is 2. The Kier molecular flexibility index (Phi) is 4.47. The number of amides is 1. The molecule has 1 amide bonds. The number of carbonyl (C=O) groups is 1. The van der Waals surface area contributed by atoms with Gasteiger partial charge in [-0.2, -0.15) is 13.2 Å². The largest absolute Gasteiger partial charge is 0.468 e. The van der Waals surface area contributed by atoms with Crippen LogP contribution in [0.15, 0.2) is 24.5 Å². The summed E-state index contributed by atoms with van der Waals surface area (Å²) in [5.41, 5.74) is 8.18. The number of halogens is 3. The predicted octanol–water partition coefficient (Wildman–Crippen LogP) is 3.03. The van der Waals surface area contributed by atoms with Crippen LogP contribution >= 0.6 is 0 Å². The number of rotatable bonds is 4. The SMILES string of the molecule is Cc1cc(C(C)N2Cc3c(ccnc3N)C2=O)cnc1OCC(F)(F)F. The number of nitrogens with two attached hydrogens (primary N) is 1. The normalized spacial score (nSPS) is 15.1. The van der Waals surface area contributed by atoms with Crippen molar-refractivity contribution in [2.24, 2.45) is 0 Å². The molecule has 0 bridgehead atoms. The van der Waals surface area contributed by atoms with E-state index < -0.39 is 12.8 Å². The van der Waals surface area contributed by atoms with Crippen LogP contribution in [0.4, 0.5) is 19.0 Å². The van der Waals surface area contributed by atoms with Gasteiger partial charge in [-0.3, -0.25) is 4.79 Å². The van der Waals surface area contributed by atoms with E-state index in [2.05, 4.69) is 9.97 Å². The molecule has 1 atom stereocenters. The van der Waals surface area contributed by atoms with E-state index in [1.165, 1.54) is 12.4 Å². The summed E-state index contributed by atoms with van der Waals surface area (Å²) in [4.78, 5) is 22.2. The number of ether oxygens (including phenoxy) is 1. The van der Waals surface area contributed by atoms with Gasteiger partial charge in [-0.05, 0) is 31.5 Å². The van der Waals surface area contributed by atoms with Crippen LogP contribution in [0.1, 0.15) is 40.0 Å². The molecule has 0 saturated heterocycles. The van der Waals surface area contributed by atoms with Gasteiger partial charge in [0.15, 0.2) is 6.61 Å². The lowest BCUT2D eigenvalue weighted by atomic mass is 10.1. The third-order valence-corrected chi connectivity index (χ3v) is 4.28. The molecule has 0 radical (unpaired) electrons. The third-order valence-electron chi connectivity index (χ3n) is 4.28. The highest BCUT2D eigenvalue weighted by molar-refractivity contribution is 5.99. The van der Waals surface area contributed by atoms with Gasteiger partial charge in [-0.1, -0.05) is 0 Å². The second kappa shape index (κ2) is 6.47. The number of aromatic nitrogens is 2. The zero-order valence-corrected chi connectivity index (χ0v) is 14.2. The Morgan fingerprint density at radius 2 is 2.12 bits per heavy atom. The van der Waals surface area contributed by atoms with Gasteiger partial charge in [0.1, 0.15) is 5.82 Å². The molecule has 0 spiro atoms. The van der Waals surface area contributed by atoms with Gasteiger partial charge >= 0.3 is 6.18 Å². The Hall–Kier alpha value is -2.84. The number of fused-ring (bicyclic) bond motifs is 1. The molecule has 9 heteroatoms. The summed E-state index contributed by atoms with van der Waals surface area (Å²) in [6, 6.07) is 2.96. The minimum absolute atomic E-state index is 0.0808. The van der Waals surface area contributed by atoms with Crippen LogP contribution in [0.5, 0.6) is 5.88 Å². The number of nitrogens with zero attached hydrogens (tertiary/aromatic N) is 3. The Labute approximate surface area is 147 Å². The van der Waals surface area contributed by atoms with Gasteiger partial charge in [-0.15, -0.1) is 0 Å². The molecular weight excluding hydrogens is 349 g/mol. The fourth-order valence-electron chi connectivity index (χ4n) is 2.88. The van der Waals surface area contributed by atoms with Gasteiger partial charge in [0, 0.05) is 29.1 Å². The highest BCUT2D eigenvalue weighted by Crippen LogP contribution is 2.33. The first-order valence-electron chi connectivity index (χ1n) is 7.88. The maximum atomic E-state index is 12.6. The molecule has 2 aromatic heterocycles. The Morgan fingerprint density at radius 3 is 2.73 bits per heavy atom. The fourth-order valence-corrected chi connectivity index (χ4v) is 2.88. The van der Waals surface area contributed by atoms with Crippen LogP contribution in [0.3, 0.4) is 0 Å². The maximum Gasteiger partial charge on any atom is 0.422 e. The van der Waals surface area contributed by atoms with E-state index in [9.17, 15) is 18.0 Å². The summed E-state index contributed by atoms with van der Waals surface area (Å²) < 4.78 is 41.5. The molecule has 2 aromatic rings. The van der Waals surface area contributed by atoms with Crippen LogP contribution in [-0.2, 0) is 6.54 Å². The molecule has 1 unspecified atom stereocenters. The van der Waals surface area contributed by atoms with Crippen molar-refractivity contribution in [2.45, 2.75) is 32.6 Å². The first-order valence-corrected chi connectivity index (χ1v) is 7.88.